The van der Waals surface area contributed by atoms with Crippen LogP contribution in [0.5, 0.6) is 0 Å². The third-order valence-electron chi connectivity index (χ3n) is 4.25. The summed E-state index contributed by atoms with van der Waals surface area (Å²) in [4.78, 5) is 16.8. The molecule has 5 heteroatoms. The molecule has 2 unspecified atom stereocenters. The maximum absolute atomic E-state index is 12.3. The van der Waals surface area contributed by atoms with E-state index in [1.54, 1.807) is 11.3 Å². The highest BCUT2D eigenvalue weighted by Crippen LogP contribution is 2.24. The molecule has 21 heavy (non-hydrogen) atoms. The quantitative estimate of drug-likeness (QED) is 0.896. The van der Waals surface area contributed by atoms with Crippen LogP contribution in [0.2, 0.25) is 0 Å². The van der Waals surface area contributed by atoms with Crippen molar-refractivity contribution < 1.29 is 4.79 Å². The standard InChI is InChI=1S/C16H26N2OS.ClH/c1-12(14-5-4-8-17-10-14)9-16(19)18(3)11-15-7-6-13(2)20-15;/h6-7,12,14,17H,4-5,8-11H2,1-3H3;1H. The van der Waals surface area contributed by atoms with Gasteiger partial charge in [0.2, 0.25) is 5.91 Å². The maximum atomic E-state index is 12.3. The van der Waals surface area contributed by atoms with Crippen molar-refractivity contribution in [3.8, 4) is 0 Å². The lowest BCUT2D eigenvalue weighted by molar-refractivity contribution is -0.131. The predicted molar refractivity (Wildman–Crippen MR) is 92.2 cm³/mol. The second kappa shape index (κ2) is 8.76. The molecule has 0 radical (unpaired) electrons. The van der Waals surface area contributed by atoms with Crippen LogP contribution < -0.4 is 5.32 Å². The second-order valence-electron chi connectivity index (χ2n) is 6.05. The Morgan fingerprint density at radius 2 is 2.29 bits per heavy atom. The van der Waals surface area contributed by atoms with Crippen molar-refractivity contribution in [3.63, 3.8) is 0 Å². The number of nitrogens with one attached hydrogen (secondary N) is 1. The predicted octanol–water partition coefficient (Wildman–Crippen LogP) is 3.46. The van der Waals surface area contributed by atoms with Crippen LogP contribution in [0.3, 0.4) is 0 Å². The Bertz CT molecular complexity index is 443. The van der Waals surface area contributed by atoms with E-state index in [2.05, 4.69) is 31.3 Å². The number of rotatable bonds is 5. The van der Waals surface area contributed by atoms with E-state index < -0.39 is 0 Å². The summed E-state index contributed by atoms with van der Waals surface area (Å²) in [6, 6.07) is 4.24. The highest BCUT2D eigenvalue weighted by atomic mass is 35.5. The van der Waals surface area contributed by atoms with Crippen LogP contribution in [-0.4, -0.2) is 30.9 Å². The SMILES string of the molecule is Cc1ccc(CN(C)C(=O)CC(C)C2CCCNC2)s1.Cl. The minimum Gasteiger partial charge on any atom is -0.341 e. The van der Waals surface area contributed by atoms with Crippen molar-refractivity contribution in [2.45, 2.75) is 39.7 Å². The first-order valence-electron chi connectivity index (χ1n) is 7.56. The summed E-state index contributed by atoms with van der Waals surface area (Å²) < 4.78 is 0. The molecule has 3 nitrogen and oxygen atoms in total. The number of amides is 1. The van der Waals surface area contributed by atoms with Crippen LogP contribution in [0.1, 0.15) is 35.9 Å². The molecule has 1 aliphatic rings. The van der Waals surface area contributed by atoms with Gasteiger partial charge in [-0.05, 0) is 56.8 Å². The number of hydrogen-bond donors (Lipinski definition) is 1. The Balaban J connectivity index is 0.00000220. The van der Waals surface area contributed by atoms with Crippen molar-refractivity contribution in [2.75, 3.05) is 20.1 Å². The van der Waals surface area contributed by atoms with E-state index in [1.165, 1.54) is 22.6 Å². The van der Waals surface area contributed by atoms with Crippen molar-refractivity contribution in [3.05, 3.63) is 21.9 Å². The summed E-state index contributed by atoms with van der Waals surface area (Å²) in [6.07, 6.45) is 3.18. The fourth-order valence-electron chi connectivity index (χ4n) is 2.85. The van der Waals surface area contributed by atoms with Gasteiger partial charge in [-0.25, -0.2) is 0 Å². The Morgan fingerprint density at radius 3 is 2.86 bits per heavy atom. The Hall–Kier alpha value is -0.580. The molecule has 1 amide bonds. The normalized spacial score (nSPS) is 19.7. The lowest BCUT2D eigenvalue weighted by Crippen LogP contribution is -2.36. The average molecular weight is 331 g/mol. The number of carbonyl (C=O) groups excluding carboxylic acids is 1. The smallest absolute Gasteiger partial charge is 0.222 e. The van der Waals surface area contributed by atoms with Crippen molar-refractivity contribution in [1.82, 2.24) is 10.2 Å². The van der Waals surface area contributed by atoms with Crippen LogP contribution in [0, 0.1) is 18.8 Å². The van der Waals surface area contributed by atoms with Crippen molar-refractivity contribution in [1.29, 1.82) is 0 Å². The average Bonchev–Trinajstić information content (AvgIpc) is 2.85. The van der Waals surface area contributed by atoms with E-state index in [9.17, 15) is 4.79 Å². The fourth-order valence-corrected chi connectivity index (χ4v) is 3.80. The third-order valence-corrected chi connectivity index (χ3v) is 5.24. The van der Waals surface area contributed by atoms with E-state index in [4.69, 9.17) is 0 Å². The van der Waals surface area contributed by atoms with Gasteiger partial charge in [-0.1, -0.05) is 6.92 Å². The molecule has 120 valence electrons. The first kappa shape index (κ1) is 18.5. The largest absolute Gasteiger partial charge is 0.341 e. The van der Waals surface area contributed by atoms with Crippen LogP contribution in [0.15, 0.2) is 12.1 Å². The topological polar surface area (TPSA) is 32.3 Å². The van der Waals surface area contributed by atoms with Gasteiger partial charge in [-0.2, -0.15) is 0 Å². The summed E-state index contributed by atoms with van der Waals surface area (Å²) in [7, 11) is 1.92. The van der Waals surface area contributed by atoms with E-state index in [0.29, 0.717) is 18.3 Å². The molecule has 1 aliphatic heterocycles. The van der Waals surface area contributed by atoms with E-state index in [-0.39, 0.29) is 18.3 Å². The van der Waals surface area contributed by atoms with Gasteiger partial charge in [0.15, 0.2) is 0 Å². The second-order valence-corrected chi connectivity index (χ2v) is 7.42. The number of hydrogen-bond acceptors (Lipinski definition) is 3. The molecule has 0 aliphatic carbocycles. The number of aryl methyl sites for hydroxylation is 1. The molecular formula is C16H27ClN2OS. The van der Waals surface area contributed by atoms with E-state index in [0.717, 1.165) is 19.6 Å². The summed E-state index contributed by atoms with van der Waals surface area (Å²) in [5.74, 6) is 1.40. The lowest BCUT2D eigenvalue weighted by Gasteiger charge is -2.29. The third kappa shape index (κ3) is 5.61. The number of nitrogens with zero attached hydrogens (tertiary/aromatic N) is 1. The fraction of sp³-hybridized carbons (Fsp3) is 0.688. The van der Waals surface area contributed by atoms with Crippen molar-refractivity contribution >= 4 is 29.7 Å². The van der Waals surface area contributed by atoms with Gasteiger partial charge in [-0.15, -0.1) is 23.7 Å². The number of thiophene rings is 1. The zero-order chi connectivity index (χ0) is 14.5. The van der Waals surface area contributed by atoms with Gasteiger partial charge in [0.25, 0.3) is 0 Å². The molecule has 2 heterocycles. The molecule has 0 saturated carbocycles. The number of halogens is 1. The summed E-state index contributed by atoms with van der Waals surface area (Å²) in [5.41, 5.74) is 0. The molecule has 1 N–H and O–H groups in total. The molecule has 1 aromatic heterocycles. The Morgan fingerprint density at radius 1 is 1.52 bits per heavy atom. The lowest BCUT2D eigenvalue weighted by atomic mass is 9.85. The zero-order valence-corrected chi connectivity index (χ0v) is 14.9. The first-order chi connectivity index (χ1) is 9.56. The zero-order valence-electron chi connectivity index (χ0n) is 13.2. The first-order valence-corrected chi connectivity index (χ1v) is 8.38. The Kier molecular flexibility index (Phi) is 7.71. The van der Waals surface area contributed by atoms with E-state index >= 15 is 0 Å². The molecule has 0 spiro atoms. The molecule has 1 aromatic rings. The minimum absolute atomic E-state index is 0. The monoisotopic (exact) mass is 330 g/mol. The van der Waals surface area contributed by atoms with Crippen LogP contribution in [0.4, 0.5) is 0 Å². The van der Waals surface area contributed by atoms with Crippen molar-refractivity contribution in [2.24, 2.45) is 11.8 Å². The Labute approximate surface area is 138 Å². The van der Waals surface area contributed by atoms with Gasteiger partial charge >= 0.3 is 0 Å². The van der Waals surface area contributed by atoms with E-state index in [1.807, 2.05) is 11.9 Å². The van der Waals surface area contributed by atoms with Crippen LogP contribution in [-0.2, 0) is 11.3 Å². The summed E-state index contributed by atoms with van der Waals surface area (Å²) in [6.45, 7) is 7.27. The number of carbonyl (C=O) groups is 1. The summed E-state index contributed by atoms with van der Waals surface area (Å²) in [5, 5.41) is 3.44. The highest BCUT2D eigenvalue weighted by Gasteiger charge is 2.23. The molecule has 0 bridgehead atoms. The van der Waals surface area contributed by atoms with Crippen LogP contribution >= 0.6 is 23.7 Å². The minimum atomic E-state index is 0. The molecule has 0 aromatic carbocycles. The molecule has 2 rings (SSSR count). The van der Waals surface area contributed by atoms with Gasteiger partial charge in [0.05, 0.1) is 6.54 Å². The highest BCUT2D eigenvalue weighted by molar-refractivity contribution is 7.11. The van der Waals surface area contributed by atoms with Gasteiger partial charge in [-0.3, -0.25) is 4.79 Å². The van der Waals surface area contributed by atoms with Gasteiger partial charge in [0.1, 0.15) is 0 Å². The summed E-state index contributed by atoms with van der Waals surface area (Å²) >= 11 is 1.78. The number of piperidine rings is 1. The van der Waals surface area contributed by atoms with Gasteiger partial charge in [0, 0.05) is 23.2 Å². The molecule has 1 fully saturated rings. The molecule has 2 atom stereocenters. The molecular weight excluding hydrogens is 304 g/mol. The van der Waals surface area contributed by atoms with Gasteiger partial charge < -0.3 is 10.2 Å². The molecule has 1 saturated heterocycles. The maximum Gasteiger partial charge on any atom is 0.222 e. The van der Waals surface area contributed by atoms with Crippen LogP contribution in [0.25, 0.3) is 0 Å².